The molecule has 0 unspecified atom stereocenters. The van der Waals surface area contributed by atoms with Gasteiger partial charge in [0.05, 0.1) is 13.4 Å². The van der Waals surface area contributed by atoms with Crippen LogP contribution in [0.2, 0.25) is 0 Å². The monoisotopic (exact) mass is 709 g/mol. The second-order valence-corrected chi connectivity index (χ2v) is 17.1. The molecular weight excluding hydrogens is 637 g/mol. The molecule has 0 heterocycles. The van der Waals surface area contributed by atoms with Crippen LogP contribution in [0.5, 0.6) is 0 Å². The molecule has 0 saturated heterocycles. The van der Waals surface area contributed by atoms with Gasteiger partial charge in [-0.05, 0) is 155 Å². The van der Waals surface area contributed by atoms with Crippen LogP contribution in [0.25, 0.3) is 0 Å². The van der Waals surface area contributed by atoms with Crippen molar-refractivity contribution in [3.63, 3.8) is 0 Å². The molecule has 0 aromatic carbocycles. The SMILES string of the molecule is C=C(CC[C@@H](C)[C@H]1CC[C@H]2[C@@H]3CC=C4C[C@@H](O/C=C/C#C/C=C/CC/C=C/C#CCCCCCC(=O)OC)CC[C@]4(C)[C@H]3CC[C@]12C)C(CC)CC. The van der Waals surface area contributed by atoms with Crippen LogP contribution < -0.4 is 0 Å². The highest BCUT2D eigenvalue weighted by molar-refractivity contribution is 5.68. The molecule has 0 aliphatic heterocycles. The van der Waals surface area contributed by atoms with Crippen LogP contribution in [0.3, 0.4) is 0 Å². The van der Waals surface area contributed by atoms with Gasteiger partial charge in [0.1, 0.15) is 6.10 Å². The van der Waals surface area contributed by atoms with Crippen molar-refractivity contribution in [3.8, 4) is 23.7 Å². The zero-order chi connectivity index (χ0) is 37.4. The first-order valence-electron chi connectivity index (χ1n) is 21.2. The van der Waals surface area contributed by atoms with E-state index in [1.54, 1.807) is 5.57 Å². The second kappa shape index (κ2) is 21.1. The van der Waals surface area contributed by atoms with Gasteiger partial charge in [-0.15, -0.1) is 0 Å². The number of methoxy groups -OCH3 is 1. The van der Waals surface area contributed by atoms with E-state index in [9.17, 15) is 4.79 Å². The zero-order valence-corrected chi connectivity index (χ0v) is 33.9. The van der Waals surface area contributed by atoms with E-state index in [0.717, 1.165) is 81.0 Å². The Morgan fingerprint density at radius 2 is 1.69 bits per heavy atom. The molecule has 0 aromatic rings. The molecule has 286 valence electrons. The molecule has 52 heavy (non-hydrogen) atoms. The Kier molecular flexibility index (Phi) is 17.0. The molecule has 0 aromatic heterocycles. The fourth-order valence-corrected chi connectivity index (χ4v) is 11.1. The number of fused-ring (bicyclic) bond motifs is 5. The van der Waals surface area contributed by atoms with Crippen molar-refractivity contribution in [2.24, 2.45) is 46.3 Å². The summed E-state index contributed by atoms with van der Waals surface area (Å²) in [6.45, 7) is 17.1. The van der Waals surface area contributed by atoms with Crippen LogP contribution >= 0.6 is 0 Å². The third kappa shape index (κ3) is 11.1. The van der Waals surface area contributed by atoms with Crippen molar-refractivity contribution in [3.05, 3.63) is 60.4 Å². The number of hydrogen-bond donors (Lipinski definition) is 0. The smallest absolute Gasteiger partial charge is 0.305 e. The van der Waals surface area contributed by atoms with Gasteiger partial charge in [0.25, 0.3) is 0 Å². The van der Waals surface area contributed by atoms with Gasteiger partial charge in [-0.1, -0.05) is 101 Å². The van der Waals surface area contributed by atoms with E-state index in [1.807, 2.05) is 24.5 Å². The first-order valence-corrected chi connectivity index (χ1v) is 21.2. The number of allylic oxidation sites excluding steroid dienone is 7. The number of carbonyl (C=O) groups is 1. The van der Waals surface area contributed by atoms with Crippen molar-refractivity contribution < 1.29 is 14.3 Å². The summed E-state index contributed by atoms with van der Waals surface area (Å²) in [6, 6.07) is 0. The molecule has 4 rings (SSSR count). The Balaban J connectivity index is 1.16. The summed E-state index contributed by atoms with van der Waals surface area (Å²) in [5.41, 5.74) is 4.06. The van der Waals surface area contributed by atoms with Crippen LogP contribution in [0.15, 0.2) is 60.4 Å². The van der Waals surface area contributed by atoms with Crippen LogP contribution in [0.1, 0.15) is 157 Å². The van der Waals surface area contributed by atoms with Gasteiger partial charge in [0, 0.05) is 25.3 Å². The standard InChI is InChI=1S/C49H72O3/c1-8-40(9-2)38(3)26-27-39(4)44-30-31-45-43-29-28-41-37-42(32-34-48(41,5)46(43)33-35-49(44,45)6)52-36-24-22-20-18-16-14-12-10-11-13-15-17-19-21-23-25-47(50)51-7/h10-11,16,18,24,28,36,39-40,42-46H,3,8-9,12,14,17,19,21,23,25-27,29-35,37H2,1-2,4-7H3/b11-10+,18-16+,36-24+/t39-,42+,43+,44-,45+,46+,48+,49-/m1/s1. The second-order valence-electron chi connectivity index (χ2n) is 17.1. The third-order valence-electron chi connectivity index (χ3n) is 14.2. The van der Waals surface area contributed by atoms with Gasteiger partial charge in [-0.25, -0.2) is 0 Å². The largest absolute Gasteiger partial charge is 0.497 e. The zero-order valence-electron chi connectivity index (χ0n) is 33.9. The highest BCUT2D eigenvalue weighted by atomic mass is 16.5. The Morgan fingerprint density at radius 1 is 0.942 bits per heavy atom. The quantitative estimate of drug-likeness (QED) is 0.0496. The Hall–Kier alpha value is -2.91. The van der Waals surface area contributed by atoms with E-state index in [0.29, 0.717) is 23.2 Å². The van der Waals surface area contributed by atoms with Crippen molar-refractivity contribution in [2.75, 3.05) is 7.11 Å². The predicted octanol–water partition coefficient (Wildman–Crippen LogP) is 12.9. The predicted molar refractivity (Wildman–Crippen MR) is 219 cm³/mol. The minimum absolute atomic E-state index is 0.129. The van der Waals surface area contributed by atoms with Crippen molar-refractivity contribution in [1.29, 1.82) is 0 Å². The van der Waals surface area contributed by atoms with Gasteiger partial charge in [0.2, 0.25) is 0 Å². The van der Waals surface area contributed by atoms with Gasteiger partial charge in [-0.3, -0.25) is 4.79 Å². The number of rotatable bonds is 17. The highest BCUT2D eigenvalue weighted by Crippen LogP contribution is 2.67. The fraction of sp³-hybridized carbons (Fsp3) is 0.694. The summed E-state index contributed by atoms with van der Waals surface area (Å²) in [5.74, 6) is 17.3. The van der Waals surface area contributed by atoms with Gasteiger partial charge in [-0.2, -0.15) is 0 Å². The number of unbranched alkanes of at least 4 members (excludes halogenated alkanes) is 4. The molecule has 3 heteroatoms. The van der Waals surface area contributed by atoms with E-state index in [1.165, 1.54) is 76.9 Å². The summed E-state index contributed by atoms with van der Waals surface area (Å²) in [4.78, 5) is 11.1. The summed E-state index contributed by atoms with van der Waals surface area (Å²) >= 11 is 0. The Bertz CT molecular complexity index is 1400. The highest BCUT2D eigenvalue weighted by Gasteiger charge is 2.59. The molecule has 3 nitrogen and oxygen atoms in total. The topological polar surface area (TPSA) is 35.5 Å². The minimum Gasteiger partial charge on any atom is -0.497 e. The number of hydrogen-bond acceptors (Lipinski definition) is 3. The normalized spacial score (nSPS) is 30.1. The van der Waals surface area contributed by atoms with Crippen LogP contribution in [0, 0.1) is 70.0 Å². The van der Waals surface area contributed by atoms with Crippen LogP contribution in [-0.2, 0) is 14.3 Å². The lowest BCUT2D eigenvalue weighted by Gasteiger charge is -2.58. The first-order chi connectivity index (χ1) is 25.2. The average molecular weight is 709 g/mol. The molecule has 0 N–H and O–H groups in total. The van der Waals surface area contributed by atoms with Crippen LogP contribution in [-0.4, -0.2) is 19.2 Å². The molecule has 0 amide bonds. The van der Waals surface area contributed by atoms with Crippen molar-refractivity contribution >= 4 is 5.97 Å². The average Bonchev–Trinajstić information content (AvgIpc) is 3.51. The maximum absolute atomic E-state index is 11.1. The lowest BCUT2D eigenvalue weighted by atomic mass is 9.47. The molecular formula is C49H72O3. The molecule has 4 aliphatic carbocycles. The van der Waals surface area contributed by atoms with Crippen LogP contribution in [0.4, 0.5) is 0 Å². The number of carbonyl (C=O) groups excluding carboxylic acids is 1. The molecule has 3 saturated carbocycles. The van der Waals surface area contributed by atoms with Gasteiger partial charge >= 0.3 is 5.97 Å². The van der Waals surface area contributed by atoms with E-state index in [4.69, 9.17) is 4.74 Å². The fourth-order valence-electron chi connectivity index (χ4n) is 11.1. The summed E-state index contributed by atoms with van der Waals surface area (Å²) in [5, 5.41) is 0. The Morgan fingerprint density at radius 3 is 2.44 bits per heavy atom. The third-order valence-corrected chi connectivity index (χ3v) is 14.2. The lowest BCUT2D eigenvalue weighted by molar-refractivity contribution is -0.140. The minimum atomic E-state index is -0.129. The van der Waals surface area contributed by atoms with E-state index >= 15 is 0 Å². The summed E-state index contributed by atoms with van der Waals surface area (Å²) in [7, 11) is 1.44. The van der Waals surface area contributed by atoms with E-state index in [-0.39, 0.29) is 12.1 Å². The van der Waals surface area contributed by atoms with Gasteiger partial charge in [0.15, 0.2) is 0 Å². The molecule has 4 aliphatic rings. The molecule has 0 spiro atoms. The maximum atomic E-state index is 11.1. The molecule has 0 bridgehead atoms. The summed E-state index contributed by atoms with van der Waals surface area (Å²) in [6.07, 6.45) is 36.4. The van der Waals surface area contributed by atoms with Crippen molar-refractivity contribution in [2.45, 2.75) is 163 Å². The van der Waals surface area contributed by atoms with E-state index < -0.39 is 0 Å². The summed E-state index contributed by atoms with van der Waals surface area (Å²) < 4.78 is 10.9. The molecule has 8 atom stereocenters. The maximum Gasteiger partial charge on any atom is 0.305 e. The number of esters is 1. The Labute approximate surface area is 319 Å². The van der Waals surface area contributed by atoms with E-state index in [2.05, 4.69) is 87.8 Å². The number of ether oxygens (including phenoxy) is 2. The van der Waals surface area contributed by atoms with Crippen molar-refractivity contribution in [1.82, 2.24) is 0 Å². The molecule has 3 fully saturated rings. The first kappa shape index (κ1) is 41.8. The lowest BCUT2D eigenvalue weighted by Crippen LogP contribution is -2.50. The molecule has 0 radical (unpaired) electrons. The van der Waals surface area contributed by atoms with Gasteiger partial charge < -0.3 is 9.47 Å².